The van der Waals surface area contributed by atoms with Gasteiger partial charge >= 0.3 is 0 Å². The number of hydrogen-bond donors (Lipinski definition) is 2. The number of nitrogens with one attached hydrogen (secondary N) is 1. The van der Waals surface area contributed by atoms with Crippen LogP contribution in [0.2, 0.25) is 0 Å². The van der Waals surface area contributed by atoms with Crippen LogP contribution in [-0.4, -0.2) is 73.1 Å². The Hall–Kier alpha value is 0.190. The van der Waals surface area contributed by atoms with E-state index < -0.39 is 0 Å². The molecule has 20 heavy (non-hydrogen) atoms. The average molecular weight is 302 g/mol. The molecule has 0 aromatic rings. The highest BCUT2D eigenvalue weighted by molar-refractivity contribution is 7.99. The lowest BCUT2D eigenvalue weighted by molar-refractivity contribution is -0.0994. The number of likely N-dealkylation sites (tertiary alicyclic amines) is 1. The SMILES string of the molecule is OCCCCSCCCN1CCC2(CC1)CNCCO2. The van der Waals surface area contributed by atoms with Crippen LogP contribution in [-0.2, 0) is 4.74 Å². The molecule has 0 unspecified atom stereocenters. The van der Waals surface area contributed by atoms with Crippen molar-refractivity contribution in [3.63, 3.8) is 0 Å². The molecule has 0 aromatic heterocycles. The van der Waals surface area contributed by atoms with E-state index in [4.69, 9.17) is 9.84 Å². The summed E-state index contributed by atoms with van der Waals surface area (Å²) in [7, 11) is 0. The van der Waals surface area contributed by atoms with Crippen molar-refractivity contribution in [2.75, 3.05) is 57.4 Å². The average Bonchev–Trinajstić information content (AvgIpc) is 2.49. The van der Waals surface area contributed by atoms with Gasteiger partial charge in [-0.1, -0.05) is 0 Å². The summed E-state index contributed by atoms with van der Waals surface area (Å²) in [6.07, 6.45) is 5.76. The number of aliphatic hydroxyl groups excluding tert-OH is 1. The van der Waals surface area contributed by atoms with Gasteiger partial charge in [0.25, 0.3) is 0 Å². The van der Waals surface area contributed by atoms with Crippen molar-refractivity contribution < 1.29 is 9.84 Å². The van der Waals surface area contributed by atoms with E-state index in [1.807, 2.05) is 11.8 Å². The minimum atomic E-state index is 0.147. The number of aliphatic hydroxyl groups is 1. The standard InChI is InChI=1S/C15H30N2O2S/c18-10-1-2-12-20-13-3-7-17-8-4-15(5-9-17)14-16-6-11-19-15/h16,18H,1-14H2. The molecule has 2 fully saturated rings. The third-order valence-corrected chi connectivity index (χ3v) is 5.52. The molecule has 0 saturated carbocycles. The maximum atomic E-state index is 8.71. The van der Waals surface area contributed by atoms with Gasteiger partial charge in [0.2, 0.25) is 0 Å². The smallest absolute Gasteiger partial charge is 0.0831 e. The van der Waals surface area contributed by atoms with Gasteiger partial charge in [-0.3, -0.25) is 0 Å². The first-order valence-corrected chi connectivity index (χ1v) is 9.26. The van der Waals surface area contributed by atoms with E-state index in [2.05, 4.69) is 10.2 Å². The molecular formula is C15H30N2O2S. The Balaban J connectivity index is 1.49. The van der Waals surface area contributed by atoms with Crippen LogP contribution in [0.4, 0.5) is 0 Å². The van der Waals surface area contributed by atoms with Crippen LogP contribution in [0.15, 0.2) is 0 Å². The zero-order valence-electron chi connectivity index (χ0n) is 12.6. The maximum Gasteiger partial charge on any atom is 0.0831 e. The fourth-order valence-corrected chi connectivity index (χ4v) is 3.97. The van der Waals surface area contributed by atoms with Crippen molar-refractivity contribution in [3.05, 3.63) is 0 Å². The number of hydrogen-bond acceptors (Lipinski definition) is 5. The highest BCUT2D eigenvalue weighted by Gasteiger charge is 2.36. The molecule has 5 heteroatoms. The van der Waals surface area contributed by atoms with E-state index in [1.165, 1.54) is 50.4 Å². The molecule has 0 aromatic carbocycles. The normalized spacial score (nSPS) is 23.2. The molecule has 2 rings (SSSR count). The zero-order valence-corrected chi connectivity index (χ0v) is 13.4. The Labute approximate surface area is 127 Å². The highest BCUT2D eigenvalue weighted by Crippen LogP contribution is 2.27. The van der Waals surface area contributed by atoms with E-state index in [9.17, 15) is 0 Å². The number of piperidine rings is 1. The molecule has 2 aliphatic rings. The van der Waals surface area contributed by atoms with Crippen LogP contribution in [0.3, 0.4) is 0 Å². The number of thioether (sulfide) groups is 1. The van der Waals surface area contributed by atoms with Crippen LogP contribution in [0.25, 0.3) is 0 Å². The summed E-state index contributed by atoms with van der Waals surface area (Å²) in [5.74, 6) is 2.45. The van der Waals surface area contributed by atoms with Crippen LogP contribution in [0.1, 0.15) is 32.1 Å². The van der Waals surface area contributed by atoms with Gasteiger partial charge in [0, 0.05) is 32.8 Å². The van der Waals surface area contributed by atoms with Gasteiger partial charge in [0.05, 0.1) is 12.2 Å². The van der Waals surface area contributed by atoms with Crippen LogP contribution >= 0.6 is 11.8 Å². The largest absolute Gasteiger partial charge is 0.396 e. The number of ether oxygens (including phenoxy) is 1. The van der Waals surface area contributed by atoms with E-state index in [-0.39, 0.29) is 5.60 Å². The van der Waals surface area contributed by atoms with Crippen LogP contribution in [0.5, 0.6) is 0 Å². The third-order valence-electron chi connectivity index (χ3n) is 4.36. The first kappa shape index (κ1) is 16.6. The first-order chi connectivity index (χ1) is 9.85. The van der Waals surface area contributed by atoms with Gasteiger partial charge in [-0.25, -0.2) is 0 Å². The topological polar surface area (TPSA) is 44.7 Å². The molecule has 2 N–H and O–H groups in total. The summed E-state index contributed by atoms with van der Waals surface area (Å²) in [5.41, 5.74) is 0.147. The fraction of sp³-hybridized carbons (Fsp3) is 1.00. The Morgan fingerprint density at radius 2 is 1.95 bits per heavy atom. The molecule has 0 amide bonds. The molecular weight excluding hydrogens is 272 g/mol. The molecule has 2 aliphatic heterocycles. The lowest BCUT2D eigenvalue weighted by Crippen LogP contribution is -2.55. The van der Waals surface area contributed by atoms with Gasteiger partial charge in [-0.05, 0) is 50.2 Å². The first-order valence-electron chi connectivity index (χ1n) is 8.10. The number of rotatable bonds is 8. The summed E-state index contributed by atoms with van der Waals surface area (Å²) in [5, 5.41) is 12.2. The molecule has 0 radical (unpaired) electrons. The van der Waals surface area contributed by atoms with E-state index in [1.54, 1.807) is 0 Å². The van der Waals surface area contributed by atoms with Gasteiger partial charge < -0.3 is 20.1 Å². The second kappa shape index (κ2) is 9.26. The second-order valence-corrected chi connectivity index (χ2v) is 7.17. The van der Waals surface area contributed by atoms with Gasteiger partial charge in [-0.2, -0.15) is 11.8 Å². The van der Waals surface area contributed by atoms with E-state index in [0.29, 0.717) is 6.61 Å². The van der Waals surface area contributed by atoms with E-state index >= 15 is 0 Å². The molecule has 0 atom stereocenters. The lowest BCUT2D eigenvalue weighted by Gasteiger charge is -2.44. The van der Waals surface area contributed by atoms with Crippen molar-refractivity contribution in [2.45, 2.75) is 37.7 Å². The van der Waals surface area contributed by atoms with Crippen molar-refractivity contribution in [1.82, 2.24) is 10.2 Å². The highest BCUT2D eigenvalue weighted by atomic mass is 32.2. The minimum absolute atomic E-state index is 0.147. The summed E-state index contributed by atoms with van der Waals surface area (Å²) in [4.78, 5) is 2.59. The Morgan fingerprint density at radius 3 is 2.65 bits per heavy atom. The number of nitrogens with zero attached hydrogens (tertiary/aromatic N) is 1. The predicted octanol–water partition coefficient (Wildman–Crippen LogP) is 1.34. The van der Waals surface area contributed by atoms with Crippen molar-refractivity contribution in [2.24, 2.45) is 0 Å². The molecule has 1 spiro atoms. The second-order valence-electron chi connectivity index (χ2n) is 5.95. The summed E-state index contributed by atoms with van der Waals surface area (Å²) in [6.45, 7) is 6.89. The number of unbranched alkanes of at least 4 members (excludes halogenated alkanes) is 1. The quantitative estimate of drug-likeness (QED) is 0.663. The van der Waals surface area contributed by atoms with Gasteiger partial charge in [0.15, 0.2) is 0 Å². The molecule has 2 saturated heterocycles. The summed E-state index contributed by atoms with van der Waals surface area (Å²) < 4.78 is 6.02. The monoisotopic (exact) mass is 302 g/mol. The van der Waals surface area contributed by atoms with Crippen molar-refractivity contribution in [3.8, 4) is 0 Å². The maximum absolute atomic E-state index is 8.71. The third kappa shape index (κ3) is 5.53. The molecule has 0 bridgehead atoms. The predicted molar refractivity (Wildman–Crippen MR) is 85.5 cm³/mol. The summed E-state index contributed by atoms with van der Waals surface area (Å²) >= 11 is 2.03. The van der Waals surface area contributed by atoms with E-state index in [0.717, 1.165) is 32.5 Å². The summed E-state index contributed by atoms with van der Waals surface area (Å²) in [6, 6.07) is 0. The van der Waals surface area contributed by atoms with Crippen LogP contribution < -0.4 is 5.32 Å². The minimum Gasteiger partial charge on any atom is -0.396 e. The van der Waals surface area contributed by atoms with Gasteiger partial charge in [-0.15, -0.1) is 0 Å². The Bertz CT molecular complexity index is 250. The van der Waals surface area contributed by atoms with Gasteiger partial charge in [0.1, 0.15) is 0 Å². The fourth-order valence-electron chi connectivity index (χ4n) is 3.02. The number of morpholine rings is 1. The molecule has 4 nitrogen and oxygen atoms in total. The zero-order chi connectivity index (χ0) is 14.1. The molecule has 118 valence electrons. The van der Waals surface area contributed by atoms with Crippen molar-refractivity contribution >= 4 is 11.8 Å². The van der Waals surface area contributed by atoms with Crippen molar-refractivity contribution in [1.29, 1.82) is 0 Å². The molecule has 2 heterocycles. The van der Waals surface area contributed by atoms with Crippen LogP contribution in [0, 0.1) is 0 Å². The Kier molecular flexibility index (Phi) is 7.66. The Morgan fingerprint density at radius 1 is 1.15 bits per heavy atom. The molecule has 0 aliphatic carbocycles. The lowest BCUT2D eigenvalue weighted by atomic mass is 9.90.